The van der Waals surface area contributed by atoms with Gasteiger partial charge in [-0.1, -0.05) is 30.3 Å². The van der Waals surface area contributed by atoms with E-state index in [2.05, 4.69) is 9.88 Å². The quantitative estimate of drug-likeness (QED) is 0.674. The molecule has 2 aromatic rings. The molecule has 0 aliphatic carbocycles. The van der Waals surface area contributed by atoms with Crippen molar-refractivity contribution in [3.8, 4) is 0 Å². The fraction of sp³-hybridized carbons (Fsp3) is 0.267. The summed E-state index contributed by atoms with van der Waals surface area (Å²) < 4.78 is 0. The first-order chi connectivity index (χ1) is 9.99. The van der Waals surface area contributed by atoms with Gasteiger partial charge in [0.25, 0.3) is 0 Å². The SMILES string of the molecule is CC(C)N(Cc1ccccc1)c1ccc([N+](=O)[O-])c(N)n1. The van der Waals surface area contributed by atoms with Crippen LogP contribution in [0.5, 0.6) is 0 Å². The maximum atomic E-state index is 10.8. The minimum atomic E-state index is -0.525. The number of aromatic nitrogens is 1. The second-order valence-electron chi connectivity index (χ2n) is 5.04. The lowest BCUT2D eigenvalue weighted by atomic mass is 10.2. The van der Waals surface area contributed by atoms with Gasteiger partial charge < -0.3 is 10.6 Å². The predicted octanol–water partition coefficient (Wildman–Crippen LogP) is 2.99. The van der Waals surface area contributed by atoms with Crippen LogP contribution in [0, 0.1) is 10.1 Å². The summed E-state index contributed by atoms with van der Waals surface area (Å²) in [7, 11) is 0. The van der Waals surface area contributed by atoms with Crippen LogP contribution in [-0.2, 0) is 6.54 Å². The highest BCUT2D eigenvalue weighted by atomic mass is 16.6. The van der Waals surface area contributed by atoms with Crippen molar-refractivity contribution in [2.75, 3.05) is 10.6 Å². The Labute approximate surface area is 123 Å². The largest absolute Gasteiger partial charge is 0.378 e. The van der Waals surface area contributed by atoms with E-state index in [1.807, 2.05) is 44.2 Å². The summed E-state index contributed by atoms with van der Waals surface area (Å²) >= 11 is 0. The fourth-order valence-corrected chi connectivity index (χ4v) is 2.08. The number of benzene rings is 1. The third kappa shape index (κ3) is 3.47. The summed E-state index contributed by atoms with van der Waals surface area (Å²) in [5.41, 5.74) is 6.65. The average molecular weight is 286 g/mol. The number of anilines is 2. The molecule has 6 heteroatoms. The molecule has 6 nitrogen and oxygen atoms in total. The van der Waals surface area contributed by atoms with Crippen molar-refractivity contribution < 1.29 is 4.92 Å². The molecule has 21 heavy (non-hydrogen) atoms. The van der Waals surface area contributed by atoms with Crippen LogP contribution in [0.2, 0.25) is 0 Å². The summed E-state index contributed by atoms with van der Waals surface area (Å²) in [5.74, 6) is 0.577. The van der Waals surface area contributed by atoms with E-state index >= 15 is 0 Å². The molecule has 0 fully saturated rings. The monoisotopic (exact) mass is 286 g/mol. The third-order valence-corrected chi connectivity index (χ3v) is 3.20. The normalized spacial score (nSPS) is 10.6. The van der Waals surface area contributed by atoms with Crippen molar-refractivity contribution in [3.63, 3.8) is 0 Å². The lowest BCUT2D eigenvalue weighted by Gasteiger charge is -2.28. The number of nitrogens with two attached hydrogens (primary N) is 1. The molecule has 1 heterocycles. The molecule has 0 aliphatic heterocycles. The standard InChI is InChI=1S/C15H18N4O2/c1-11(2)18(10-12-6-4-3-5-7-12)14-9-8-13(19(20)21)15(16)17-14/h3-9,11H,10H2,1-2H3,(H2,16,17). The van der Waals surface area contributed by atoms with Gasteiger partial charge in [-0.25, -0.2) is 4.98 Å². The smallest absolute Gasteiger partial charge is 0.311 e. The third-order valence-electron chi connectivity index (χ3n) is 3.20. The van der Waals surface area contributed by atoms with Gasteiger partial charge in [0, 0.05) is 18.7 Å². The Morgan fingerprint density at radius 2 is 1.90 bits per heavy atom. The molecular weight excluding hydrogens is 268 g/mol. The number of rotatable bonds is 5. The van der Waals surface area contributed by atoms with Gasteiger partial charge in [0.1, 0.15) is 5.82 Å². The van der Waals surface area contributed by atoms with Crippen LogP contribution < -0.4 is 10.6 Å². The van der Waals surface area contributed by atoms with Gasteiger partial charge in [0.15, 0.2) is 0 Å². The number of nitro groups is 1. The Hall–Kier alpha value is -2.63. The molecule has 1 aromatic heterocycles. The highest BCUT2D eigenvalue weighted by Gasteiger charge is 2.18. The van der Waals surface area contributed by atoms with Crippen LogP contribution >= 0.6 is 0 Å². The summed E-state index contributed by atoms with van der Waals surface area (Å²) in [4.78, 5) is 16.5. The lowest BCUT2D eigenvalue weighted by molar-refractivity contribution is -0.384. The van der Waals surface area contributed by atoms with Gasteiger partial charge in [0.05, 0.1) is 4.92 Å². The highest BCUT2D eigenvalue weighted by molar-refractivity contribution is 5.58. The van der Waals surface area contributed by atoms with E-state index in [1.165, 1.54) is 6.07 Å². The van der Waals surface area contributed by atoms with E-state index < -0.39 is 4.92 Å². The second kappa shape index (κ2) is 6.21. The summed E-state index contributed by atoms with van der Waals surface area (Å²) in [5, 5.41) is 10.8. The average Bonchev–Trinajstić information content (AvgIpc) is 2.45. The lowest BCUT2D eigenvalue weighted by Crippen LogP contribution is -2.31. The van der Waals surface area contributed by atoms with Crippen molar-refractivity contribution in [1.82, 2.24) is 4.98 Å². The van der Waals surface area contributed by atoms with Gasteiger partial charge in [-0.15, -0.1) is 0 Å². The maximum absolute atomic E-state index is 10.8. The Kier molecular flexibility index (Phi) is 4.37. The van der Waals surface area contributed by atoms with Crippen LogP contribution in [0.15, 0.2) is 42.5 Å². The highest BCUT2D eigenvalue weighted by Crippen LogP contribution is 2.25. The van der Waals surface area contributed by atoms with Gasteiger partial charge >= 0.3 is 5.69 Å². The Balaban J connectivity index is 2.31. The van der Waals surface area contributed by atoms with Crippen molar-refractivity contribution in [2.24, 2.45) is 0 Å². The van der Waals surface area contributed by atoms with Crippen LogP contribution in [0.4, 0.5) is 17.3 Å². The molecule has 2 N–H and O–H groups in total. The Morgan fingerprint density at radius 3 is 2.43 bits per heavy atom. The topological polar surface area (TPSA) is 85.3 Å². The molecule has 2 rings (SSSR count). The Bertz CT molecular complexity index is 629. The zero-order valence-corrected chi connectivity index (χ0v) is 12.1. The molecular formula is C15H18N4O2. The van der Waals surface area contributed by atoms with Crippen LogP contribution in [0.1, 0.15) is 19.4 Å². The minimum absolute atomic E-state index is 0.0591. The molecule has 0 radical (unpaired) electrons. The molecule has 0 saturated heterocycles. The second-order valence-corrected chi connectivity index (χ2v) is 5.04. The predicted molar refractivity (Wildman–Crippen MR) is 83.1 cm³/mol. The van der Waals surface area contributed by atoms with Crippen LogP contribution in [0.25, 0.3) is 0 Å². The van der Waals surface area contributed by atoms with E-state index in [9.17, 15) is 10.1 Å². The number of hydrogen-bond donors (Lipinski definition) is 1. The zero-order valence-electron chi connectivity index (χ0n) is 12.1. The van der Waals surface area contributed by atoms with Crippen molar-refractivity contribution >= 4 is 17.3 Å². The number of nitrogen functional groups attached to an aromatic ring is 1. The van der Waals surface area contributed by atoms with Crippen LogP contribution in [0.3, 0.4) is 0 Å². The molecule has 0 bridgehead atoms. The molecule has 1 aromatic carbocycles. The molecule has 0 saturated carbocycles. The minimum Gasteiger partial charge on any atom is -0.378 e. The molecule has 0 unspecified atom stereocenters. The van der Waals surface area contributed by atoms with Crippen molar-refractivity contribution in [1.29, 1.82) is 0 Å². The Morgan fingerprint density at radius 1 is 1.24 bits per heavy atom. The molecule has 110 valence electrons. The van der Waals surface area contributed by atoms with Gasteiger partial charge in [-0.05, 0) is 25.5 Å². The number of nitrogens with zero attached hydrogens (tertiary/aromatic N) is 3. The number of hydrogen-bond acceptors (Lipinski definition) is 5. The molecule has 0 aliphatic rings. The van der Waals surface area contributed by atoms with Gasteiger partial charge in [-0.2, -0.15) is 0 Å². The summed E-state index contributed by atoms with van der Waals surface area (Å²) in [6.45, 7) is 4.76. The summed E-state index contributed by atoms with van der Waals surface area (Å²) in [6.07, 6.45) is 0. The first-order valence-electron chi connectivity index (χ1n) is 6.70. The van der Waals surface area contributed by atoms with Gasteiger partial charge in [0.2, 0.25) is 5.82 Å². The molecule has 0 amide bonds. The van der Waals surface area contributed by atoms with Crippen LogP contribution in [-0.4, -0.2) is 15.9 Å². The van der Waals surface area contributed by atoms with Crippen molar-refractivity contribution in [2.45, 2.75) is 26.4 Å². The molecule has 0 spiro atoms. The first-order valence-corrected chi connectivity index (χ1v) is 6.70. The maximum Gasteiger partial charge on any atom is 0.311 e. The van der Waals surface area contributed by atoms with E-state index in [0.29, 0.717) is 12.4 Å². The molecule has 0 atom stereocenters. The van der Waals surface area contributed by atoms with Gasteiger partial charge in [-0.3, -0.25) is 10.1 Å². The number of pyridine rings is 1. The van der Waals surface area contributed by atoms with E-state index in [0.717, 1.165) is 5.56 Å². The zero-order chi connectivity index (χ0) is 15.4. The van der Waals surface area contributed by atoms with E-state index in [-0.39, 0.29) is 17.5 Å². The first kappa shape index (κ1) is 14.8. The van der Waals surface area contributed by atoms with Crippen molar-refractivity contribution in [3.05, 3.63) is 58.1 Å². The van der Waals surface area contributed by atoms with E-state index in [4.69, 9.17) is 5.73 Å². The fourth-order valence-electron chi connectivity index (χ4n) is 2.08. The van der Waals surface area contributed by atoms with E-state index in [1.54, 1.807) is 6.07 Å². The summed E-state index contributed by atoms with van der Waals surface area (Å²) in [6, 6.07) is 13.2.